The molecule has 0 aromatic heterocycles. The maximum atomic E-state index is 11.4. The van der Waals surface area contributed by atoms with Gasteiger partial charge in [0, 0.05) is 13.1 Å². The number of hydrogen-bond acceptors (Lipinski definition) is 5. The van der Waals surface area contributed by atoms with Crippen LogP contribution in [0.2, 0.25) is 6.32 Å². The van der Waals surface area contributed by atoms with Crippen molar-refractivity contribution in [3.8, 4) is 0 Å². The Labute approximate surface area is 101 Å². The number of ketones is 1. The summed E-state index contributed by atoms with van der Waals surface area (Å²) >= 11 is 0. The van der Waals surface area contributed by atoms with Crippen LogP contribution in [0.1, 0.15) is 0 Å². The molecule has 1 amide bonds. The molecule has 0 bridgehead atoms. The first-order valence-corrected chi connectivity index (χ1v) is 5.43. The third-order valence-corrected chi connectivity index (χ3v) is 2.02. The highest BCUT2D eigenvalue weighted by Crippen LogP contribution is 1.92. The van der Waals surface area contributed by atoms with Crippen LogP contribution in [0.4, 0.5) is 0 Å². The van der Waals surface area contributed by atoms with Gasteiger partial charge in [-0.3, -0.25) is 14.4 Å². The molecule has 0 aliphatic rings. The summed E-state index contributed by atoms with van der Waals surface area (Å²) in [5.74, 6) is -1.40. The minimum absolute atomic E-state index is 0.0313. The summed E-state index contributed by atoms with van der Waals surface area (Å²) in [4.78, 5) is 34.4. The zero-order chi connectivity index (χ0) is 13.3. The summed E-state index contributed by atoms with van der Waals surface area (Å²) in [6.45, 7) is 0.254. The van der Waals surface area contributed by atoms with Crippen LogP contribution in [0, 0.1) is 0 Å². The number of rotatable bonds is 9. The average Bonchev–Trinajstić information content (AvgIpc) is 2.27. The van der Waals surface area contributed by atoms with Gasteiger partial charge in [-0.05, 0) is 6.32 Å². The van der Waals surface area contributed by atoms with E-state index in [1.807, 2.05) is 0 Å². The molecule has 7 nitrogen and oxygen atoms in total. The molecule has 17 heavy (non-hydrogen) atoms. The van der Waals surface area contributed by atoms with Crippen LogP contribution >= 0.6 is 0 Å². The number of carboxylic acids is 1. The zero-order valence-corrected chi connectivity index (χ0v) is 9.94. The van der Waals surface area contributed by atoms with Gasteiger partial charge in [-0.1, -0.05) is 0 Å². The van der Waals surface area contributed by atoms with Crippen molar-refractivity contribution in [2.45, 2.75) is 6.32 Å². The Morgan fingerprint density at radius 2 is 1.94 bits per heavy atom. The van der Waals surface area contributed by atoms with E-state index in [-0.39, 0.29) is 31.3 Å². The first-order chi connectivity index (χ1) is 8.01. The lowest BCUT2D eigenvalue weighted by Crippen LogP contribution is -2.41. The second-order valence-electron chi connectivity index (χ2n) is 3.49. The van der Waals surface area contributed by atoms with Gasteiger partial charge < -0.3 is 21.1 Å². The second kappa shape index (κ2) is 8.71. The van der Waals surface area contributed by atoms with Gasteiger partial charge in [-0.25, -0.2) is 0 Å². The molecule has 8 heteroatoms. The Morgan fingerprint density at radius 3 is 2.41 bits per heavy atom. The number of carboxylic acid groups (broad SMARTS) is 1. The van der Waals surface area contributed by atoms with Crippen molar-refractivity contribution >= 4 is 25.5 Å². The second-order valence-corrected chi connectivity index (χ2v) is 3.49. The molecule has 96 valence electrons. The SMILES string of the molecule is BCC(=O)N(CCN)CC(=O)CNCC(=O)O. The molecular weight excluding hydrogens is 225 g/mol. The minimum atomic E-state index is -1.03. The molecule has 0 unspecified atom stereocenters. The van der Waals surface area contributed by atoms with Crippen LogP contribution in [-0.2, 0) is 14.4 Å². The number of nitrogens with one attached hydrogen (secondary N) is 1. The Morgan fingerprint density at radius 1 is 1.29 bits per heavy atom. The number of carbonyl (C=O) groups excluding carboxylic acids is 2. The molecular formula is C9H18BN3O4. The van der Waals surface area contributed by atoms with E-state index in [9.17, 15) is 14.4 Å². The van der Waals surface area contributed by atoms with Crippen molar-refractivity contribution in [3.63, 3.8) is 0 Å². The lowest BCUT2D eigenvalue weighted by molar-refractivity contribution is -0.136. The fourth-order valence-electron chi connectivity index (χ4n) is 1.25. The predicted molar refractivity (Wildman–Crippen MR) is 64.5 cm³/mol. The van der Waals surface area contributed by atoms with Crippen LogP contribution < -0.4 is 11.1 Å². The molecule has 0 spiro atoms. The third-order valence-electron chi connectivity index (χ3n) is 2.02. The fourth-order valence-corrected chi connectivity index (χ4v) is 1.25. The molecule has 4 N–H and O–H groups in total. The molecule has 0 aliphatic heterocycles. The fraction of sp³-hybridized carbons (Fsp3) is 0.667. The molecule has 0 saturated carbocycles. The van der Waals surface area contributed by atoms with Crippen LogP contribution in [-0.4, -0.2) is 68.2 Å². The lowest BCUT2D eigenvalue weighted by Gasteiger charge is -2.20. The van der Waals surface area contributed by atoms with Crippen LogP contribution in [0.25, 0.3) is 0 Å². The van der Waals surface area contributed by atoms with E-state index in [1.54, 1.807) is 7.85 Å². The van der Waals surface area contributed by atoms with Crippen molar-refractivity contribution in [1.29, 1.82) is 0 Å². The van der Waals surface area contributed by atoms with Gasteiger partial charge >= 0.3 is 5.97 Å². The van der Waals surface area contributed by atoms with E-state index in [0.29, 0.717) is 19.4 Å². The standard InChI is InChI=1S/C9H18BN3O4/c10-3-8(15)13(2-1-11)6-7(14)4-12-5-9(16)17/h12H,1-6,10-11H2,(H,16,17). The number of carbonyl (C=O) groups is 3. The minimum Gasteiger partial charge on any atom is -0.480 e. The van der Waals surface area contributed by atoms with Crippen LogP contribution in [0.15, 0.2) is 0 Å². The van der Waals surface area contributed by atoms with Crippen molar-refractivity contribution in [2.75, 3.05) is 32.7 Å². The smallest absolute Gasteiger partial charge is 0.317 e. The lowest BCUT2D eigenvalue weighted by atomic mass is 10.0. The molecule has 0 aliphatic carbocycles. The molecule has 0 saturated heterocycles. The van der Waals surface area contributed by atoms with E-state index < -0.39 is 5.97 Å². The summed E-state index contributed by atoms with van der Waals surface area (Å²) in [5, 5.41) is 10.8. The van der Waals surface area contributed by atoms with Crippen molar-refractivity contribution < 1.29 is 19.5 Å². The summed E-state index contributed by atoms with van der Waals surface area (Å²) in [6.07, 6.45) is 0.315. The molecule has 0 heterocycles. The van der Waals surface area contributed by atoms with Gasteiger partial charge in [0.2, 0.25) is 5.91 Å². The average molecular weight is 243 g/mol. The Balaban J connectivity index is 4.03. The highest BCUT2D eigenvalue weighted by molar-refractivity contribution is 6.19. The van der Waals surface area contributed by atoms with Gasteiger partial charge in [0.05, 0.1) is 19.6 Å². The molecule has 0 rings (SSSR count). The quantitative estimate of drug-likeness (QED) is 0.374. The van der Waals surface area contributed by atoms with E-state index in [4.69, 9.17) is 10.8 Å². The van der Waals surface area contributed by atoms with Gasteiger partial charge in [0.15, 0.2) is 5.78 Å². The van der Waals surface area contributed by atoms with E-state index in [1.165, 1.54) is 4.90 Å². The Bertz CT molecular complexity index is 285. The van der Waals surface area contributed by atoms with Crippen molar-refractivity contribution in [2.24, 2.45) is 5.73 Å². The van der Waals surface area contributed by atoms with Crippen LogP contribution in [0.5, 0.6) is 0 Å². The number of Topliss-reactive ketones (excluding diaryl/α,β-unsaturated/α-hetero) is 1. The number of aliphatic carboxylic acids is 1. The van der Waals surface area contributed by atoms with E-state index in [2.05, 4.69) is 5.32 Å². The zero-order valence-electron chi connectivity index (χ0n) is 9.94. The highest BCUT2D eigenvalue weighted by Gasteiger charge is 2.14. The topological polar surface area (TPSA) is 113 Å². The number of hydrogen-bond donors (Lipinski definition) is 3. The maximum absolute atomic E-state index is 11.4. The summed E-state index contributed by atoms with van der Waals surface area (Å²) in [6, 6.07) is 0. The summed E-state index contributed by atoms with van der Waals surface area (Å²) in [5.41, 5.74) is 5.34. The molecule has 0 radical (unpaired) electrons. The van der Waals surface area contributed by atoms with E-state index >= 15 is 0 Å². The maximum Gasteiger partial charge on any atom is 0.317 e. The van der Waals surface area contributed by atoms with Gasteiger partial charge in [-0.15, -0.1) is 0 Å². The molecule has 0 atom stereocenters. The largest absolute Gasteiger partial charge is 0.480 e. The molecule has 0 aromatic rings. The van der Waals surface area contributed by atoms with Crippen molar-refractivity contribution in [1.82, 2.24) is 10.2 Å². The molecule has 0 fully saturated rings. The Hall–Kier alpha value is -1.41. The third kappa shape index (κ3) is 7.48. The van der Waals surface area contributed by atoms with E-state index in [0.717, 1.165) is 0 Å². The van der Waals surface area contributed by atoms with Gasteiger partial charge in [-0.2, -0.15) is 0 Å². The number of nitrogens with two attached hydrogens (primary N) is 1. The highest BCUT2D eigenvalue weighted by atomic mass is 16.4. The van der Waals surface area contributed by atoms with Gasteiger partial charge in [0.1, 0.15) is 7.85 Å². The summed E-state index contributed by atoms with van der Waals surface area (Å²) in [7, 11) is 1.71. The van der Waals surface area contributed by atoms with Crippen LogP contribution in [0.3, 0.4) is 0 Å². The normalized spacial score (nSPS) is 9.94. The monoisotopic (exact) mass is 243 g/mol. The Kier molecular flexibility index (Phi) is 7.99. The van der Waals surface area contributed by atoms with Gasteiger partial charge in [0.25, 0.3) is 0 Å². The predicted octanol–water partition coefficient (Wildman–Crippen LogP) is -2.93. The first-order valence-electron chi connectivity index (χ1n) is 5.43. The number of nitrogens with zero attached hydrogens (tertiary/aromatic N) is 1. The molecule has 0 aromatic carbocycles. The number of amides is 1. The summed E-state index contributed by atoms with van der Waals surface area (Å²) < 4.78 is 0. The van der Waals surface area contributed by atoms with Crippen molar-refractivity contribution in [3.05, 3.63) is 0 Å². The first kappa shape index (κ1) is 15.6.